The van der Waals surface area contributed by atoms with Gasteiger partial charge in [-0.05, 0) is 31.5 Å². The first kappa shape index (κ1) is 15.0. The number of halogens is 2. The zero-order valence-electron chi connectivity index (χ0n) is 11.6. The highest BCUT2D eigenvalue weighted by Crippen LogP contribution is 2.19. The lowest BCUT2D eigenvalue weighted by molar-refractivity contribution is 0.172. The number of aliphatic hydroxyl groups is 1. The molecule has 0 bridgehead atoms. The van der Waals surface area contributed by atoms with Crippen molar-refractivity contribution in [2.45, 2.75) is 38.8 Å². The fourth-order valence-electron chi connectivity index (χ4n) is 2.05. The summed E-state index contributed by atoms with van der Waals surface area (Å²) >= 11 is 5.72. The Balaban J connectivity index is 2.01. The van der Waals surface area contributed by atoms with Crippen LogP contribution in [0.5, 0.6) is 0 Å². The average molecular weight is 297 g/mol. The lowest BCUT2D eigenvalue weighted by Gasteiger charge is -2.10. The van der Waals surface area contributed by atoms with E-state index in [1.54, 1.807) is 12.1 Å². The van der Waals surface area contributed by atoms with Gasteiger partial charge in [0.15, 0.2) is 0 Å². The molecule has 1 aromatic carbocycles. The fourth-order valence-corrected chi connectivity index (χ4v) is 2.24. The van der Waals surface area contributed by atoms with Gasteiger partial charge in [-0.3, -0.25) is 4.68 Å². The van der Waals surface area contributed by atoms with Crippen LogP contribution in [0.3, 0.4) is 0 Å². The summed E-state index contributed by atoms with van der Waals surface area (Å²) < 4.78 is 15.6. The van der Waals surface area contributed by atoms with Crippen molar-refractivity contribution in [2.75, 3.05) is 0 Å². The smallest absolute Gasteiger partial charge is 0.145 e. The molecule has 20 heavy (non-hydrogen) atoms. The Hall–Kier alpha value is -1.39. The van der Waals surface area contributed by atoms with E-state index in [0.29, 0.717) is 12.0 Å². The Morgan fingerprint density at radius 3 is 2.70 bits per heavy atom. The number of aromatic nitrogens is 2. The third-order valence-corrected chi connectivity index (χ3v) is 3.42. The molecule has 0 fully saturated rings. The van der Waals surface area contributed by atoms with Gasteiger partial charge in [-0.1, -0.05) is 23.7 Å². The SMILES string of the molecule is CC(C)n1ccc(CC(O)Cc2cccc(Cl)c2F)n1. The molecule has 0 amide bonds. The van der Waals surface area contributed by atoms with E-state index in [0.717, 1.165) is 5.69 Å². The van der Waals surface area contributed by atoms with Crippen LogP contribution in [-0.2, 0) is 12.8 Å². The summed E-state index contributed by atoms with van der Waals surface area (Å²) in [6.45, 7) is 4.07. The predicted octanol–water partition coefficient (Wildman–Crippen LogP) is 3.40. The maximum atomic E-state index is 13.7. The number of aliphatic hydroxyl groups excluding tert-OH is 1. The molecule has 1 aromatic heterocycles. The Bertz CT molecular complexity index is 583. The van der Waals surface area contributed by atoms with Gasteiger partial charge in [-0.25, -0.2) is 4.39 Å². The molecule has 5 heteroatoms. The standard InChI is InChI=1S/C15H18ClFN2O/c1-10(2)19-7-6-12(18-19)9-13(20)8-11-4-3-5-14(16)15(11)17/h3-7,10,13,20H,8-9H2,1-2H3. The Labute approximate surface area is 123 Å². The molecular formula is C15H18ClFN2O. The van der Waals surface area contributed by atoms with Gasteiger partial charge in [-0.2, -0.15) is 5.10 Å². The van der Waals surface area contributed by atoms with E-state index in [9.17, 15) is 9.50 Å². The van der Waals surface area contributed by atoms with Crippen LogP contribution >= 0.6 is 11.6 Å². The molecule has 0 aliphatic heterocycles. The maximum Gasteiger partial charge on any atom is 0.145 e. The molecule has 2 rings (SSSR count). The van der Waals surface area contributed by atoms with Gasteiger partial charge in [-0.15, -0.1) is 0 Å². The van der Waals surface area contributed by atoms with Crippen molar-refractivity contribution in [3.05, 3.63) is 52.6 Å². The molecule has 0 spiro atoms. The molecule has 1 N–H and O–H groups in total. The molecule has 0 saturated heterocycles. The molecule has 1 unspecified atom stereocenters. The van der Waals surface area contributed by atoms with Crippen molar-refractivity contribution in [3.8, 4) is 0 Å². The second kappa shape index (κ2) is 6.37. The first-order valence-electron chi connectivity index (χ1n) is 6.62. The first-order valence-corrected chi connectivity index (χ1v) is 7.00. The zero-order chi connectivity index (χ0) is 14.7. The summed E-state index contributed by atoms with van der Waals surface area (Å²) in [6, 6.07) is 6.97. The minimum Gasteiger partial charge on any atom is -0.392 e. The summed E-state index contributed by atoms with van der Waals surface area (Å²) in [5.74, 6) is -0.457. The van der Waals surface area contributed by atoms with Crippen LogP contribution in [0.25, 0.3) is 0 Å². The highest BCUT2D eigenvalue weighted by Gasteiger charge is 2.13. The summed E-state index contributed by atoms with van der Waals surface area (Å²) in [5, 5.41) is 14.5. The summed E-state index contributed by atoms with van der Waals surface area (Å²) in [7, 11) is 0. The molecule has 0 aliphatic carbocycles. The Morgan fingerprint density at radius 1 is 1.30 bits per heavy atom. The highest BCUT2D eigenvalue weighted by molar-refractivity contribution is 6.30. The van der Waals surface area contributed by atoms with E-state index in [2.05, 4.69) is 5.10 Å². The van der Waals surface area contributed by atoms with E-state index in [1.165, 1.54) is 6.07 Å². The number of hydrogen-bond acceptors (Lipinski definition) is 2. The maximum absolute atomic E-state index is 13.7. The van der Waals surface area contributed by atoms with Crippen LogP contribution in [0.15, 0.2) is 30.5 Å². The largest absolute Gasteiger partial charge is 0.392 e. The molecular weight excluding hydrogens is 279 g/mol. The van der Waals surface area contributed by atoms with E-state index < -0.39 is 11.9 Å². The van der Waals surface area contributed by atoms with Crippen molar-refractivity contribution in [1.29, 1.82) is 0 Å². The van der Waals surface area contributed by atoms with Crippen LogP contribution in [0.1, 0.15) is 31.1 Å². The van der Waals surface area contributed by atoms with E-state index in [-0.39, 0.29) is 17.5 Å². The minimum atomic E-state index is -0.682. The van der Waals surface area contributed by atoms with Crippen LogP contribution in [0.4, 0.5) is 4.39 Å². The Morgan fingerprint density at radius 2 is 2.05 bits per heavy atom. The van der Waals surface area contributed by atoms with Crippen molar-refractivity contribution < 1.29 is 9.50 Å². The fraction of sp³-hybridized carbons (Fsp3) is 0.400. The summed E-state index contributed by atoms with van der Waals surface area (Å²) in [5.41, 5.74) is 1.22. The van der Waals surface area contributed by atoms with Crippen LogP contribution < -0.4 is 0 Å². The summed E-state index contributed by atoms with van der Waals surface area (Å²) in [6.07, 6.45) is 1.82. The third kappa shape index (κ3) is 3.58. The molecule has 0 radical (unpaired) electrons. The van der Waals surface area contributed by atoms with Gasteiger partial charge < -0.3 is 5.11 Å². The highest BCUT2D eigenvalue weighted by atomic mass is 35.5. The van der Waals surface area contributed by atoms with Crippen LogP contribution in [0, 0.1) is 5.82 Å². The Kier molecular flexibility index (Phi) is 4.78. The molecule has 2 aromatic rings. The van der Waals surface area contributed by atoms with Gasteiger partial charge in [0.1, 0.15) is 5.82 Å². The molecule has 3 nitrogen and oxygen atoms in total. The number of benzene rings is 1. The van der Waals surface area contributed by atoms with Gasteiger partial charge >= 0.3 is 0 Å². The lowest BCUT2D eigenvalue weighted by Crippen LogP contribution is -2.15. The molecule has 0 saturated carbocycles. The number of rotatable bonds is 5. The lowest BCUT2D eigenvalue weighted by atomic mass is 10.0. The van der Waals surface area contributed by atoms with Crippen molar-refractivity contribution in [3.63, 3.8) is 0 Å². The van der Waals surface area contributed by atoms with Gasteiger partial charge in [0.25, 0.3) is 0 Å². The zero-order valence-corrected chi connectivity index (χ0v) is 12.3. The predicted molar refractivity (Wildman–Crippen MR) is 77.4 cm³/mol. The van der Waals surface area contributed by atoms with Gasteiger partial charge in [0.05, 0.1) is 16.8 Å². The monoisotopic (exact) mass is 296 g/mol. The second-order valence-corrected chi connectivity index (χ2v) is 5.56. The van der Waals surface area contributed by atoms with Crippen molar-refractivity contribution >= 4 is 11.6 Å². The van der Waals surface area contributed by atoms with E-state index >= 15 is 0 Å². The summed E-state index contributed by atoms with van der Waals surface area (Å²) in [4.78, 5) is 0. The average Bonchev–Trinajstić information content (AvgIpc) is 2.83. The topological polar surface area (TPSA) is 38.0 Å². The molecule has 108 valence electrons. The number of hydrogen-bond donors (Lipinski definition) is 1. The second-order valence-electron chi connectivity index (χ2n) is 5.16. The van der Waals surface area contributed by atoms with Gasteiger partial charge in [0, 0.05) is 25.1 Å². The molecule has 1 heterocycles. The molecule has 0 aliphatic rings. The van der Waals surface area contributed by atoms with E-state index in [1.807, 2.05) is 30.8 Å². The minimum absolute atomic E-state index is 0.0822. The van der Waals surface area contributed by atoms with Crippen molar-refractivity contribution in [1.82, 2.24) is 9.78 Å². The quantitative estimate of drug-likeness (QED) is 0.918. The van der Waals surface area contributed by atoms with Crippen molar-refractivity contribution in [2.24, 2.45) is 0 Å². The van der Waals surface area contributed by atoms with E-state index in [4.69, 9.17) is 11.6 Å². The third-order valence-electron chi connectivity index (χ3n) is 3.12. The number of nitrogens with zero attached hydrogens (tertiary/aromatic N) is 2. The normalized spacial score (nSPS) is 12.9. The first-order chi connectivity index (χ1) is 9.47. The molecule has 1 atom stereocenters. The van der Waals surface area contributed by atoms with Gasteiger partial charge in [0.2, 0.25) is 0 Å². The van der Waals surface area contributed by atoms with Crippen LogP contribution in [0.2, 0.25) is 5.02 Å². The van der Waals surface area contributed by atoms with Crippen LogP contribution in [-0.4, -0.2) is 21.0 Å².